The van der Waals surface area contributed by atoms with Gasteiger partial charge >= 0.3 is 0 Å². The van der Waals surface area contributed by atoms with Crippen LogP contribution in [0.15, 0.2) is 12.1 Å². The number of halogens is 4. The van der Waals surface area contributed by atoms with Gasteiger partial charge in [0.1, 0.15) is 0 Å². The second kappa shape index (κ2) is 4.53. The lowest BCUT2D eigenvalue weighted by Crippen LogP contribution is -1.97. The molecule has 0 aliphatic carbocycles. The van der Waals surface area contributed by atoms with Crippen molar-refractivity contribution in [1.82, 2.24) is 0 Å². The lowest BCUT2D eigenvalue weighted by atomic mass is 10.1. The Morgan fingerprint density at radius 1 is 1.50 bits per heavy atom. The molecule has 1 rings (SSSR count). The van der Waals surface area contributed by atoms with E-state index < -0.39 is 6.43 Å². The van der Waals surface area contributed by atoms with Crippen molar-refractivity contribution in [2.75, 3.05) is 0 Å². The van der Waals surface area contributed by atoms with Gasteiger partial charge in [0, 0.05) is 14.7 Å². The first kappa shape index (κ1) is 11.8. The average molecular weight is 330 g/mol. The maximum atomic E-state index is 12.5. The molecule has 0 aliphatic heterocycles. The third-order valence-electron chi connectivity index (χ3n) is 1.70. The van der Waals surface area contributed by atoms with E-state index in [2.05, 4.69) is 0 Å². The highest BCUT2D eigenvalue weighted by atomic mass is 127. The number of rotatable bonds is 2. The number of carbonyl (C=O) groups is 1. The standard InChI is InChI=1S/C9H6ClF2IO/c1-4(14)5-2-6(9(11)12)8(10)7(13)3-5/h2-3,9H,1H3. The summed E-state index contributed by atoms with van der Waals surface area (Å²) in [6.45, 7) is 1.33. The summed E-state index contributed by atoms with van der Waals surface area (Å²) in [6, 6.07) is 2.63. The van der Waals surface area contributed by atoms with E-state index in [0.717, 1.165) is 6.07 Å². The van der Waals surface area contributed by atoms with Crippen molar-refractivity contribution in [3.05, 3.63) is 31.9 Å². The van der Waals surface area contributed by atoms with E-state index in [1.165, 1.54) is 13.0 Å². The Balaban J connectivity index is 3.35. The van der Waals surface area contributed by atoms with E-state index in [0.29, 0.717) is 3.57 Å². The smallest absolute Gasteiger partial charge is 0.265 e. The largest absolute Gasteiger partial charge is 0.295 e. The van der Waals surface area contributed by atoms with Crippen molar-refractivity contribution in [2.24, 2.45) is 0 Å². The van der Waals surface area contributed by atoms with Crippen LogP contribution in [-0.2, 0) is 0 Å². The topological polar surface area (TPSA) is 17.1 Å². The van der Waals surface area contributed by atoms with Crippen molar-refractivity contribution in [3.63, 3.8) is 0 Å². The van der Waals surface area contributed by atoms with Crippen LogP contribution in [0.4, 0.5) is 8.78 Å². The minimum atomic E-state index is -2.66. The average Bonchev–Trinajstić information content (AvgIpc) is 2.08. The van der Waals surface area contributed by atoms with Gasteiger partial charge in [0.15, 0.2) is 5.78 Å². The molecule has 0 amide bonds. The predicted molar refractivity (Wildman–Crippen MR) is 59.1 cm³/mol. The maximum Gasteiger partial charge on any atom is 0.265 e. The number of hydrogen-bond donors (Lipinski definition) is 0. The summed E-state index contributed by atoms with van der Waals surface area (Å²) < 4.78 is 25.4. The van der Waals surface area contributed by atoms with Crippen LogP contribution >= 0.6 is 34.2 Å². The second-order valence-electron chi connectivity index (χ2n) is 2.72. The van der Waals surface area contributed by atoms with Crippen LogP contribution in [0, 0.1) is 3.57 Å². The Kier molecular flexibility index (Phi) is 3.83. The zero-order valence-electron chi connectivity index (χ0n) is 7.15. The van der Waals surface area contributed by atoms with Gasteiger partial charge in [-0.3, -0.25) is 4.79 Å². The highest BCUT2D eigenvalue weighted by Gasteiger charge is 2.16. The molecule has 0 bridgehead atoms. The van der Waals surface area contributed by atoms with Gasteiger partial charge in [0.05, 0.1) is 5.02 Å². The Morgan fingerprint density at radius 3 is 2.50 bits per heavy atom. The molecular formula is C9H6ClF2IO. The molecular weight excluding hydrogens is 324 g/mol. The highest BCUT2D eigenvalue weighted by Crippen LogP contribution is 2.32. The maximum absolute atomic E-state index is 12.5. The van der Waals surface area contributed by atoms with E-state index in [9.17, 15) is 13.6 Å². The molecule has 5 heteroatoms. The summed E-state index contributed by atoms with van der Waals surface area (Å²) in [6.07, 6.45) is -2.66. The molecule has 1 aromatic carbocycles. The van der Waals surface area contributed by atoms with E-state index in [4.69, 9.17) is 11.6 Å². The molecule has 0 unspecified atom stereocenters. The number of ketones is 1. The van der Waals surface area contributed by atoms with Crippen LogP contribution < -0.4 is 0 Å². The van der Waals surface area contributed by atoms with Gasteiger partial charge in [-0.05, 0) is 41.6 Å². The van der Waals surface area contributed by atoms with Crippen LogP contribution in [0.5, 0.6) is 0 Å². The zero-order chi connectivity index (χ0) is 10.9. The first-order valence-corrected chi connectivity index (χ1v) is 5.17. The van der Waals surface area contributed by atoms with E-state index in [-0.39, 0.29) is 21.9 Å². The van der Waals surface area contributed by atoms with Gasteiger partial charge < -0.3 is 0 Å². The van der Waals surface area contributed by atoms with E-state index in [1.54, 1.807) is 0 Å². The minimum absolute atomic E-state index is 0.0191. The van der Waals surface area contributed by atoms with Crippen LogP contribution in [0.2, 0.25) is 5.02 Å². The number of alkyl halides is 2. The number of carbonyl (C=O) groups excluding carboxylic acids is 1. The summed E-state index contributed by atoms with van der Waals surface area (Å²) in [5, 5.41) is 0.0191. The van der Waals surface area contributed by atoms with Crippen molar-refractivity contribution in [3.8, 4) is 0 Å². The van der Waals surface area contributed by atoms with Crippen LogP contribution in [0.25, 0.3) is 0 Å². The Labute approximate surface area is 98.6 Å². The van der Waals surface area contributed by atoms with Crippen molar-refractivity contribution >= 4 is 40.0 Å². The molecule has 0 spiro atoms. The molecule has 0 saturated heterocycles. The lowest BCUT2D eigenvalue weighted by Gasteiger charge is -2.07. The number of hydrogen-bond acceptors (Lipinski definition) is 1. The van der Waals surface area contributed by atoms with Gasteiger partial charge in [0.25, 0.3) is 6.43 Å². The summed E-state index contributed by atoms with van der Waals surface area (Å²) in [5.74, 6) is -0.249. The van der Waals surface area contributed by atoms with Gasteiger partial charge in [-0.1, -0.05) is 11.6 Å². The zero-order valence-corrected chi connectivity index (χ0v) is 10.1. The molecule has 0 heterocycles. The van der Waals surface area contributed by atoms with Crippen LogP contribution in [0.3, 0.4) is 0 Å². The summed E-state index contributed by atoms with van der Waals surface area (Å²) in [5.41, 5.74) is -0.0298. The Morgan fingerprint density at radius 2 is 2.07 bits per heavy atom. The molecule has 0 fully saturated rings. The molecule has 0 aliphatic rings. The molecule has 0 atom stereocenters. The number of benzene rings is 1. The molecule has 14 heavy (non-hydrogen) atoms. The fraction of sp³-hybridized carbons (Fsp3) is 0.222. The van der Waals surface area contributed by atoms with E-state index >= 15 is 0 Å². The van der Waals surface area contributed by atoms with Crippen molar-refractivity contribution in [1.29, 1.82) is 0 Å². The van der Waals surface area contributed by atoms with Gasteiger partial charge in [-0.15, -0.1) is 0 Å². The summed E-state index contributed by atoms with van der Waals surface area (Å²) >= 11 is 7.49. The molecule has 76 valence electrons. The van der Waals surface area contributed by atoms with Crippen LogP contribution in [-0.4, -0.2) is 5.78 Å². The second-order valence-corrected chi connectivity index (χ2v) is 4.26. The third-order valence-corrected chi connectivity index (χ3v) is 3.29. The van der Waals surface area contributed by atoms with Crippen LogP contribution in [0.1, 0.15) is 29.3 Å². The Hall–Kier alpha value is -0.230. The summed E-state index contributed by atoms with van der Waals surface area (Å²) in [7, 11) is 0. The predicted octanol–water partition coefficient (Wildman–Crippen LogP) is 4.08. The molecule has 0 N–H and O–H groups in total. The highest BCUT2D eigenvalue weighted by molar-refractivity contribution is 14.1. The quantitative estimate of drug-likeness (QED) is 0.590. The molecule has 1 aromatic rings. The van der Waals surface area contributed by atoms with E-state index in [1.807, 2.05) is 22.6 Å². The monoisotopic (exact) mass is 330 g/mol. The fourth-order valence-electron chi connectivity index (χ4n) is 0.972. The third kappa shape index (κ3) is 2.42. The minimum Gasteiger partial charge on any atom is -0.295 e. The van der Waals surface area contributed by atoms with Crippen molar-refractivity contribution in [2.45, 2.75) is 13.3 Å². The fourth-order valence-corrected chi connectivity index (χ4v) is 1.81. The molecule has 0 saturated carbocycles. The SMILES string of the molecule is CC(=O)c1cc(I)c(Cl)c(C(F)F)c1. The summed E-state index contributed by atoms with van der Waals surface area (Å²) in [4.78, 5) is 11.0. The lowest BCUT2D eigenvalue weighted by molar-refractivity contribution is 0.101. The van der Waals surface area contributed by atoms with Gasteiger partial charge in [-0.2, -0.15) is 0 Å². The van der Waals surface area contributed by atoms with Gasteiger partial charge in [0.2, 0.25) is 0 Å². The van der Waals surface area contributed by atoms with Crippen molar-refractivity contribution < 1.29 is 13.6 Å². The first-order valence-electron chi connectivity index (χ1n) is 3.71. The molecule has 1 nitrogen and oxygen atoms in total. The first-order chi connectivity index (χ1) is 6.43. The molecule has 0 aromatic heterocycles. The Bertz CT molecular complexity index is 379. The van der Waals surface area contributed by atoms with Gasteiger partial charge in [-0.25, -0.2) is 8.78 Å². The molecule has 0 radical (unpaired) electrons. The number of Topliss-reactive ketones (excluding diaryl/α,β-unsaturated/α-hetero) is 1. The normalized spacial score (nSPS) is 10.7.